The van der Waals surface area contributed by atoms with Crippen molar-refractivity contribution in [3.63, 3.8) is 0 Å². The molecule has 178 valence electrons. The van der Waals surface area contributed by atoms with E-state index in [1.807, 2.05) is 0 Å². The Labute approximate surface area is 185 Å². The van der Waals surface area contributed by atoms with Gasteiger partial charge in [0.2, 0.25) is 0 Å². The van der Waals surface area contributed by atoms with Crippen LogP contribution >= 0.6 is 0 Å². The maximum atomic E-state index is 11.8. The minimum Gasteiger partial charge on any atom is -0.508 e. The van der Waals surface area contributed by atoms with Crippen LogP contribution in [0.15, 0.2) is 23.5 Å². The normalized spacial score (nSPS) is 17.5. The molecule has 0 saturated heterocycles. The Balaban J connectivity index is 1.93. The van der Waals surface area contributed by atoms with Crippen molar-refractivity contribution in [2.24, 2.45) is 0 Å². The summed E-state index contributed by atoms with van der Waals surface area (Å²) < 4.78 is 4.93. The average Bonchev–Trinajstić information content (AvgIpc) is 3.03. The average molecular weight is 441 g/mol. The predicted octanol–water partition coefficient (Wildman–Crippen LogP) is 4.57. The zero-order valence-electron chi connectivity index (χ0n) is 18.6. The number of allylic oxidation sites excluding steroid dienone is 2. The highest BCUT2D eigenvalue weighted by molar-refractivity contribution is 5.91. The molecule has 7 nitrogen and oxygen atoms in total. The van der Waals surface area contributed by atoms with Gasteiger partial charge in [-0.15, -0.1) is 0 Å². The Kier molecular flexibility index (Phi) is 14.7. The van der Waals surface area contributed by atoms with Gasteiger partial charge in [0.1, 0.15) is 11.9 Å². The first-order valence-electron chi connectivity index (χ1n) is 11.8. The van der Waals surface area contributed by atoms with Crippen LogP contribution in [0.2, 0.25) is 0 Å². The number of rotatable bonds is 19. The Morgan fingerprint density at radius 2 is 1.42 bits per heavy atom. The van der Waals surface area contributed by atoms with Gasteiger partial charge < -0.3 is 25.2 Å². The largest absolute Gasteiger partial charge is 0.508 e. The number of aliphatic carboxylic acids is 1. The lowest BCUT2D eigenvalue weighted by Gasteiger charge is -2.14. The highest BCUT2D eigenvalue weighted by atomic mass is 16.6. The van der Waals surface area contributed by atoms with Crippen molar-refractivity contribution >= 4 is 11.9 Å². The van der Waals surface area contributed by atoms with E-state index in [-0.39, 0.29) is 17.8 Å². The van der Waals surface area contributed by atoms with Crippen LogP contribution in [-0.2, 0) is 14.3 Å². The van der Waals surface area contributed by atoms with Crippen LogP contribution in [0.1, 0.15) is 96.3 Å². The molecule has 0 fully saturated rings. The topological polar surface area (TPSA) is 124 Å². The van der Waals surface area contributed by atoms with Crippen molar-refractivity contribution in [2.75, 3.05) is 6.61 Å². The SMILES string of the molecule is O=C(O)CCCCCCC/C=C\CCCCCCCCC1=C(O)[C@@H]([C@@H](O)CO)OC1=O. The van der Waals surface area contributed by atoms with E-state index < -0.39 is 30.8 Å². The van der Waals surface area contributed by atoms with E-state index in [0.29, 0.717) is 6.42 Å². The molecule has 0 aromatic heterocycles. The second kappa shape index (κ2) is 16.8. The molecule has 0 saturated carbocycles. The number of unbranched alkanes of at least 4 members (excludes halogenated alkanes) is 11. The fraction of sp³-hybridized carbons (Fsp3) is 0.750. The molecule has 0 aliphatic carbocycles. The van der Waals surface area contributed by atoms with Crippen molar-refractivity contribution in [1.82, 2.24) is 0 Å². The number of hydrogen-bond acceptors (Lipinski definition) is 6. The second-order valence-corrected chi connectivity index (χ2v) is 8.27. The summed E-state index contributed by atoms with van der Waals surface area (Å²) in [6, 6.07) is 0. The van der Waals surface area contributed by atoms with Crippen molar-refractivity contribution < 1.29 is 34.8 Å². The van der Waals surface area contributed by atoms with E-state index in [0.717, 1.165) is 57.8 Å². The second-order valence-electron chi connectivity index (χ2n) is 8.27. The number of carbonyl (C=O) groups is 2. The first-order chi connectivity index (χ1) is 15.0. The smallest absolute Gasteiger partial charge is 0.338 e. The van der Waals surface area contributed by atoms with E-state index in [4.69, 9.17) is 14.9 Å². The number of cyclic esters (lactones) is 1. The summed E-state index contributed by atoms with van der Waals surface area (Å²) in [7, 11) is 0. The number of carboxylic acid groups (broad SMARTS) is 1. The molecule has 1 aliphatic heterocycles. The highest BCUT2D eigenvalue weighted by Gasteiger charge is 2.37. The monoisotopic (exact) mass is 440 g/mol. The molecule has 4 N–H and O–H groups in total. The molecule has 1 aliphatic rings. The molecule has 0 unspecified atom stereocenters. The predicted molar refractivity (Wildman–Crippen MR) is 119 cm³/mol. The summed E-state index contributed by atoms with van der Waals surface area (Å²) in [6.45, 7) is -0.569. The van der Waals surface area contributed by atoms with Crippen LogP contribution in [0.4, 0.5) is 0 Å². The van der Waals surface area contributed by atoms with Crippen LogP contribution in [0.25, 0.3) is 0 Å². The summed E-state index contributed by atoms with van der Waals surface area (Å²) in [5, 5.41) is 37.0. The molecule has 0 amide bonds. The van der Waals surface area contributed by atoms with E-state index in [2.05, 4.69) is 12.2 Å². The molecule has 2 atom stereocenters. The molecule has 1 heterocycles. The lowest BCUT2D eigenvalue weighted by atomic mass is 10.0. The number of aliphatic hydroxyl groups excluding tert-OH is 3. The van der Waals surface area contributed by atoms with Gasteiger partial charge in [-0.1, -0.05) is 57.1 Å². The fourth-order valence-electron chi connectivity index (χ4n) is 3.68. The minimum absolute atomic E-state index is 0.225. The molecule has 0 spiro atoms. The number of carbonyl (C=O) groups excluding carboxylic acids is 1. The third-order valence-electron chi connectivity index (χ3n) is 5.57. The summed E-state index contributed by atoms with van der Waals surface area (Å²) in [5.74, 6) is -1.54. The van der Waals surface area contributed by atoms with Crippen molar-refractivity contribution in [1.29, 1.82) is 0 Å². The quantitative estimate of drug-likeness (QED) is 0.132. The van der Waals surface area contributed by atoms with E-state index in [1.165, 1.54) is 25.7 Å². The van der Waals surface area contributed by atoms with Gasteiger partial charge in [-0.05, 0) is 44.9 Å². The number of aliphatic hydroxyl groups is 3. The Morgan fingerprint density at radius 1 is 0.903 bits per heavy atom. The summed E-state index contributed by atoms with van der Waals surface area (Å²) in [6.07, 6.45) is 16.6. The number of carboxylic acids is 1. The molecule has 0 aromatic carbocycles. The van der Waals surface area contributed by atoms with E-state index >= 15 is 0 Å². The van der Waals surface area contributed by atoms with Gasteiger partial charge in [0.25, 0.3) is 0 Å². The molecule has 7 heteroatoms. The molecular weight excluding hydrogens is 400 g/mol. The van der Waals surface area contributed by atoms with Gasteiger partial charge in [0.15, 0.2) is 6.10 Å². The maximum absolute atomic E-state index is 11.8. The third-order valence-corrected chi connectivity index (χ3v) is 5.57. The minimum atomic E-state index is -1.29. The Hall–Kier alpha value is -1.86. The summed E-state index contributed by atoms with van der Waals surface area (Å²) in [5.41, 5.74) is 0.225. The van der Waals surface area contributed by atoms with Crippen LogP contribution in [-0.4, -0.2) is 51.2 Å². The van der Waals surface area contributed by atoms with Crippen molar-refractivity contribution in [3.8, 4) is 0 Å². The molecule has 0 bridgehead atoms. The lowest BCUT2D eigenvalue weighted by Crippen LogP contribution is -2.31. The lowest BCUT2D eigenvalue weighted by molar-refractivity contribution is -0.146. The van der Waals surface area contributed by atoms with Gasteiger partial charge in [0, 0.05) is 6.42 Å². The van der Waals surface area contributed by atoms with Crippen molar-refractivity contribution in [3.05, 3.63) is 23.5 Å². The third kappa shape index (κ3) is 11.9. The van der Waals surface area contributed by atoms with Gasteiger partial charge >= 0.3 is 11.9 Å². The maximum Gasteiger partial charge on any atom is 0.338 e. The fourth-order valence-corrected chi connectivity index (χ4v) is 3.68. The molecular formula is C24H40O7. The van der Waals surface area contributed by atoms with Gasteiger partial charge in [0.05, 0.1) is 12.2 Å². The molecule has 0 radical (unpaired) electrons. The number of ether oxygens (including phenoxy) is 1. The first-order valence-corrected chi connectivity index (χ1v) is 11.8. The zero-order valence-corrected chi connectivity index (χ0v) is 18.6. The highest BCUT2D eigenvalue weighted by Crippen LogP contribution is 2.27. The van der Waals surface area contributed by atoms with Gasteiger partial charge in [-0.2, -0.15) is 0 Å². The molecule has 0 aromatic rings. The van der Waals surface area contributed by atoms with E-state index in [1.54, 1.807) is 0 Å². The summed E-state index contributed by atoms with van der Waals surface area (Å²) >= 11 is 0. The van der Waals surface area contributed by atoms with Crippen LogP contribution in [0.3, 0.4) is 0 Å². The van der Waals surface area contributed by atoms with Crippen LogP contribution in [0, 0.1) is 0 Å². The Bertz CT molecular complexity index is 582. The van der Waals surface area contributed by atoms with Crippen molar-refractivity contribution in [2.45, 2.75) is 109 Å². The van der Waals surface area contributed by atoms with Gasteiger partial charge in [-0.25, -0.2) is 4.79 Å². The standard InChI is InChI=1S/C24H40O7/c25-18-20(26)23-22(29)19(24(30)31-23)16-14-12-10-8-6-4-2-1-3-5-7-9-11-13-15-17-21(27)28/h1,3,20,23,25-26,29H,2,4-18H2,(H,27,28)/b3-1-/t20-,23+/m0/s1. The van der Waals surface area contributed by atoms with Gasteiger partial charge in [-0.3, -0.25) is 4.79 Å². The van der Waals surface area contributed by atoms with Crippen LogP contribution in [0.5, 0.6) is 0 Å². The Morgan fingerprint density at radius 3 is 1.97 bits per heavy atom. The molecule has 1 rings (SSSR count). The number of hydrogen-bond donors (Lipinski definition) is 4. The van der Waals surface area contributed by atoms with Crippen LogP contribution < -0.4 is 0 Å². The number of esters is 1. The first kappa shape index (κ1) is 27.2. The zero-order chi connectivity index (χ0) is 22.9. The van der Waals surface area contributed by atoms with E-state index in [9.17, 15) is 19.8 Å². The molecule has 31 heavy (non-hydrogen) atoms. The summed E-state index contributed by atoms with van der Waals surface area (Å²) in [4.78, 5) is 22.2.